The lowest BCUT2D eigenvalue weighted by molar-refractivity contribution is 0.796. The zero-order valence-corrected chi connectivity index (χ0v) is 10.0. The third-order valence-corrected chi connectivity index (χ3v) is 3.79. The highest BCUT2D eigenvalue weighted by Gasteiger charge is 2.10. The van der Waals surface area contributed by atoms with Gasteiger partial charge in [0.15, 0.2) is 11.0 Å². The number of nitrogens with zero attached hydrogens (tertiary/aromatic N) is 3. The molecule has 0 unspecified atom stereocenters. The second-order valence-electron chi connectivity index (χ2n) is 2.94. The van der Waals surface area contributed by atoms with E-state index >= 15 is 0 Å². The van der Waals surface area contributed by atoms with Crippen LogP contribution in [0.3, 0.4) is 0 Å². The van der Waals surface area contributed by atoms with Gasteiger partial charge in [-0.3, -0.25) is 0 Å². The molecule has 0 aromatic carbocycles. The van der Waals surface area contributed by atoms with Crippen LogP contribution in [0.5, 0.6) is 0 Å². The van der Waals surface area contributed by atoms with E-state index in [4.69, 9.17) is 0 Å². The third-order valence-electron chi connectivity index (χ3n) is 1.91. The number of aromatic nitrogens is 3. The number of hydrogen-bond donors (Lipinski definition) is 0. The van der Waals surface area contributed by atoms with Crippen LogP contribution in [-0.2, 0) is 7.05 Å². The Morgan fingerprint density at radius 1 is 1.60 bits per heavy atom. The van der Waals surface area contributed by atoms with Crippen LogP contribution in [-0.4, -0.2) is 20.5 Å². The van der Waals surface area contributed by atoms with Crippen molar-refractivity contribution < 1.29 is 0 Å². The molecule has 2 aromatic rings. The lowest BCUT2D eigenvalue weighted by Gasteiger charge is -1.99. The maximum Gasteiger partial charge on any atom is 0.191 e. The molecule has 2 aromatic heterocycles. The lowest BCUT2D eigenvalue weighted by atomic mass is 10.4. The molecule has 0 spiro atoms. The van der Waals surface area contributed by atoms with Gasteiger partial charge in [-0.1, -0.05) is 23.9 Å². The first-order valence-electron chi connectivity index (χ1n) is 4.50. The number of rotatable bonds is 4. The molecule has 15 heavy (non-hydrogen) atoms. The van der Waals surface area contributed by atoms with Crippen molar-refractivity contribution in [3.63, 3.8) is 0 Å². The summed E-state index contributed by atoms with van der Waals surface area (Å²) in [5.74, 6) is 1.78. The molecule has 2 rings (SSSR count). The summed E-state index contributed by atoms with van der Waals surface area (Å²) >= 11 is 3.32. The predicted molar refractivity (Wildman–Crippen MR) is 65.2 cm³/mol. The van der Waals surface area contributed by atoms with Crippen molar-refractivity contribution in [1.29, 1.82) is 0 Å². The third kappa shape index (κ3) is 2.13. The van der Waals surface area contributed by atoms with Gasteiger partial charge in [0.1, 0.15) is 0 Å². The number of hydrogen-bond acceptors (Lipinski definition) is 4. The molecule has 0 aliphatic heterocycles. The van der Waals surface area contributed by atoms with Gasteiger partial charge < -0.3 is 4.57 Å². The first-order chi connectivity index (χ1) is 7.33. The minimum absolute atomic E-state index is 0.858. The summed E-state index contributed by atoms with van der Waals surface area (Å²) in [5, 5.41) is 11.3. The highest BCUT2D eigenvalue weighted by Crippen LogP contribution is 2.25. The largest absolute Gasteiger partial charge is 0.304 e. The lowest BCUT2D eigenvalue weighted by Crippen LogP contribution is -1.93. The van der Waals surface area contributed by atoms with Crippen molar-refractivity contribution >= 4 is 23.1 Å². The summed E-state index contributed by atoms with van der Waals surface area (Å²) in [7, 11) is 1.99. The van der Waals surface area contributed by atoms with E-state index in [1.165, 1.54) is 0 Å². The predicted octanol–water partition coefficient (Wildman–Crippen LogP) is 2.82. The van der Waals surface area contributed by atoms with E-state index in [1.54, 1.807) is 23.1 Å². The Morgan fingerprint density at radius 3 is 3.13 bits per heavy atom. The van der Waals surface area contributed by atoms with Gasteiger partial charge in [-0.2, -0.15) is 0 Å². The summed E-state index contributed by atoms with van der Waals surface area (Å²) < 4.78 is 2.01. The van der Waals surface area contributed by atoms with Gasteiger partial charge in [0, 0.05) is 12.8 Å². The van der Waals surface area contributed by atoms with E-state index in [2.05, 4.69) is 22.8 Å². The van der Waals surface area contributed by atoms with Gasteiger partial charge in [0.2, 0.25) is 0 Å². The van der Waals surface area contributed by atoms with E-state index in [-0.39, 0.29) is 0 Å². The maximum atomic E-state index is 4.18. The van der Waals surface area contributed by atoms with E-state index in [9.17, 15) is 0 Å². The fourth-order valence-corrected chi connectivity index (χ4v) is 2.58. The summed E-state index contributed by atoms with van der Waals surface area (Å²) in [4.78, 5) is 1.15. The van der Waals surface area contributed by atoms with Crippen LogP contribution >= 0.6 is 23.1 Å². The molecule has 2 heterocycles. The molecule has 0 atom stereocenters. The minimum atomic E-state index is 0.858. The number of thioether (sulfide) groups is 1. The molecular weight excluding hydrogens is 226 g/mol. The summed E-state index contributed by atoms with van der Waals surface area (Å²) in [6.45, 7) is 3.69. The van der Waals surface area contributed by atoms with Gasteiger partial charge >= 0.3 is 0 Å². The van der Waals surface area contributed by atoms with Crippen molar-refractivity contribution in [2.75, 3.05) is 5.75 Å². The molecule has 0 aliphatic carbocycles. The fraction of sp³-hybridized carbons (Fsp3) is 0.200. The first kappa shape index (κ1) is 10.4. The van der Waals surface area contributed by atoms with Crippen molar-refractivity contribution in [3.05, 3.63) is 30.2 Å². The Balaban J connectivity index is 2.27. The van der Waals surface area contributed by atoms with Crippen LogP contribution in [0.2, 0.25) is 0 Å². The zero-order valence-electron chi connectivity index (χ0n) is 8.38. The normalized spacial score (nSPS) is 10.5. The maximum absolute atomic E-state index is 4.18. The van der Waals surface area contributed by atoms with Gasteiger partial charge in [-0.05, 0) is 11.4 Å². The molecule has 3 nitrogen and oxygen atoms in total. The van der Waals surface area contributed by atoms with Crippen LogP contribution in [0.4, 0.5) is 0 Å². The first-order valence-corrected chi connectivity index (χ1v) is 6.36. The van der Waals surface area contributed by atoms with Crippen LogP contribution in [0.1, 0.15) is 0 Å². The van der Waals surface area contributed by atoms with E-state index in [0.29, 0.717) is 0 Å². The molecule has 0 bridgehead atoms. The second-order valence-corrected chi connectivity index (χ2v) is 4.88. The quantitative estimate of drug-likeness (QED) is 0.605. The second kappa shape index (κ2) is 4.63. The highest BCUT2D eigenvalue weighted by molar-refractivity contribution is 7.99. The Kier molecular flexibility index (Phi) is 3.23. The zero-order chi connectivity index (χ0) is 10.7. The van der Waals surface area contributed by atoms with Crippen molar-refractivity contribution in [3.8, 4) is 10.7 Å². The summed E-state index contributed by atoms with van der Waals surface area (Å²) in [5.41, 5.74) is 0. The van der Waals surface area contributed by atoms with Gasteiger partial charge in [-0.25, -0.2) is 0 Å². The average Bonchev–Trinajstić information content (AvgIpc) is 2.84. The topological polar surface area (TPSA) is 30.7 Å². The van der Waals surface area contributed by atoms with E-state index < -0.39 is 0 Å². The van der Waals surface area contributed by atoms with Crippen LogP contribution in [0, 0.1) is 0 Å². The van der Waals surface area contributed by atoms with Crippen molar-refractivity contribution in [1.82, 2.24) is 14.8 Å². The van der Waals surface area contributed by atoms with E-state index in [1.807, 2.05) is 29.1 Å². The van der Waals surface area contributed by atoms with Crippen molar-refractivity contribution in [2.45, 2.75) is 5.16 Å². The Hall–Kier alpha value is -1.07. The standard InChI is InChI=1S/C10H11N3S2/c1-3-6-15-10-12-11-9(13(10)2)8-5-4-7-14-8/h3-5,7H,1,6H2,2H3. The monoisotopic (exact) mass is 237 g/mol. The Bertz CT molecular complexity index is 445. The Labute approximate surface area is 96.8 Å². The van der Waals surface area contributed by atoms with Crippen LogP contribution in [0.25, 0.3) is 10.7 Å². The molecular formula is C10H11N3S2. The Morgan fingerprint density at radius 2 is 2.47 bits per heavy atom. The molecule has 0 amide bonds. The molecule has 0 fully saturated rings. The summed E-state index contributed by atoms with van der Waals surface area (Å²) in [6.07, 6.45) is 1.87. The number of thiophene rings is 1. The molecule has 78 valence electrons. The molecule has 0 aliphatic rings. The summed E-state index contributed by atoms with van der Waals surface area (Å²) in [6, 6.07) is 4.07. The van der Waals surface area contributed by atoms with Crippen LogP contribution in [0.15, 0.2) is 35.3 Å². The molecule has 0 saturated heterocycles. The van der Waals surface area contributed by atoms with Gasteiger partial charge in [0.25, 0.3) is 0 Å². The van der Waals surface area contributed by atoms with Gasteiger partial charge in [-0.15, -0.1) is 28.1 Å². The molecule has 0 N–H and O–H groups in total. The van der Waals surface area contributed by atoms with Crippen LogP contribution < -0.4 is 0 Å². The molecule has 5 heteroatoms. The fourth-order valence-electron chi connectivity index (χ4n) is 1.19. The van der Waals surface area contributed by atoms with Gasteiger partial charge in [0.05, 0.1) is 4.88 Å². The minimum Gasteiger partial charge on any atom is -0.304 e. The SMILES string of the molecule is C=CCSc1nnc(-c2cccs2)n1C. The average molecular weight is 237 g/mol. The van der Waals surface area contributed by atoms with E-state index in [0.717, 1.165) is 21.6 Å². The highest BCUT2D eigenvalue weighted by atomic mass is 32.2. The molecule has 0 saturated carbocycles. The smallest absolute Gasteiger partial charge is 0.191 e. The van der Waals surface area contributed by atoms with Crippen molar-refractivity contribution in [2.24, 2.45) is 7.05 Å². The molecule has 0 radical (unpaired) electrons.